The molecule has 2 aromatic carbocycles. The van der Waals surface area contributed by atoms with Gasteiger partial charge in [-0.3, -0.25) is 4.79 Å². The van der Waals surface area contributed by atoms with E-state index in [1.165, 1.54) is 18.2 Å². The third-order valence-electron chi connectivity index (χ3n) is 4.42. The van der Waals surface area contributed by atoms with Gasteiger partial charge in [-0.1, -0.05) is 17.7 Å². The molecule has 1 aliphatic heterocycles. The number of allylic oxidation sites excluding steroid dienone is 2. The van der Waals surface area contributed by atoms with Crippen LogP contribution in [0.3, 0.4) is 0 Å². The number of carbonyl (C=O) groups is 1. The van der Waals surface area contributed by atoms with Crippen LogP contribution in [0.5, 0.6) is 28.7 Å². The standard InChI is InChI=1S/C20H20O6/c1-10(2)3-5-13-16(23)8-17-18(19(13)24)20(25)14(9-26-17)12-6-4-11(21)7-15(12)22/h3-4,6-8,14,21-24H,5,9H2,1-2H3/t14-/m0/s1. The predicted octanol–water partition coefficient (Wildman–Crippen LogP) is 3.38. The summed E-state index contributed by atoms with van der Waals surface area (Å²) >= 11 is 0. The van der Waals surface area contributed by atoms with Gasteiger partial charge in [-0.15, -0.1) is 0 Å². The van der Waals surface area contributed by atoms with E-state index in [2.05, 4.69) is 0 Å². The van der Waals surface area contributed by atoms with Crippen LogP contribution in [-0.2, 0) is 6.42 Å². The van der Waals surface area contributed by atoms with Crippen LogP contribution >= 0.6 is 0 Å². The van der Waals surface area contributed by atoms with Gasteiger partial charge in [0, 0.05) is 23.3 Å². The number of phenolic OH excluding ortho intramolecular Hbond substituents is 4. The van der Waals surface area contributed by atoms with Crippen molar-refractivity contribution in [2.24, 2.45) is 0 Å². The second-order valence-electron chi connectivity index (χ2n) is 6.55. The van der Waals surface area contributed by atoms with Gasteiger partial charge in [0.15, 0.2) is 5.78 Å². The van der Waals surface area contributed by atoms with Crippen molar-refractivity contribution in [3.63, 3.8) is 0 Å². The molecule has 4 N–H and O–H groups in total. The summed E-state index contributed by atoms with van der Waals surface area (Å²) in [6.45, 7) is 3.74. The Hall–Kier alpha value is -3.15. The molecule has 0 bridgehead atoms. The number of ketones is 1. The van der Waals surface area contributed by atoms with Crippen LogP contribution < -0.4 is 4.74 Å². The Bertz CT molecular complexity index is 909. The molecule has 1 atom stereocenters. The molecule has 2 aromatic rings. The van der Waals surface area contributed by atoms with E-state index in [4.69, 9.17) is 4.74 Å². The van der Waals surface area contributed by atoms with Crippen LogP contribution in [0.2, 0.25) is 0 Å². The van der Waals surface area contributed by atoms with E-state index in [-0.39, 0.29) is 52.9 Å². The fourth-order valence-electron chi connectivity index (χ4n) is 3.01. The number of hydrogen-bond donors (Lipinski definition) is 4. The first-order valence-electron chi connectivity index (χ1n) is 8.19. The maximum absolute atomic E-state index is 13.0. The Morgan fingerprint density at radius 3 is 2.54 bits per heavy atom. The largest absolute Gasteiger partial charge is 0.508 e. The average molecular weight is 356 g/mol. The summed E-state index contributed by atoms with van der Waals surface area (Å²) in [6, 6.07) is 5.29. The number of ether oxygens (including phenoxy) is 1. The van der Waals surface area contributed by atoms with Crippen molar-refractivity contribution in [2.45, 2.75) is 26.2 Å². The highest BCUT2D eigenvalue weighted by Gasteiger charge is 2.35. The van der Waals surface area contributed by atoms with E-state index in [0.29, 0.717) is 5.56 Å². The van der Waals surface area contributed by atoms with E-state index >= 15 is 0 Å². The Balaban J connectivity index is 2.06. The van der Waals surface area contributed by atoms with Gasteiger partial charge in [0.1, 0.15) is 40.9 Å². The lowest BCUT2D eigenvalue weighted by molar-refractivity contribution is 0.0889. The lowest BCUT2D eigenvalue weighted by atomic mass is 9.86. The van der Waals surface area contributed by atoms with Gasteiger partial charge in [-0.25, -0.2) is 0 Å². The van der Waals surface area contributed by atoms with E-state index in [1.807, 2.05) is 19.9 Å². The number of carbonyl (C=O) groups excluding carboxylic acids is 1. The van der Waals surface area contributed by atoms with Crippen molar-refractivity contribution in [1.82, 2.24) is 0 Å². The molecular formula is C20H20O6. The number of Topliss-reactive ketones (excluding diaryl/α,β-unsaturated/α-hetero) is 1. The molecule has 0 aliphatic carbocycles. The molecule has 0 radical (unpaired) electrons. The van der Waals surface area contributed by atoms with Crippen molar-refractivity contribution in [3.05, 3.63) is 52.6 Å². The van der Waals surface area contributed by atoms with Crippen LogP contribution in [0.15, 0.2) is 35.9 Å². The van der Waals surface area contributed by atoms with Crippen molar-refractivity contribution < 1.29 is 30.0 Å². The fourth-order valence-corrected chi connectivity index (χ4v) is 3.01. The van der Waals surface area contributed by atoms with Gasteiger partial charge in [0.2, 0.25) is 0 Å². The van der Waals surface area contributed by atoms with Crippen LogP contribution in [0.1, 0.15) is 41.3 Å². The van der Waals surface area contributed by atoms with E-state index in [0.717, 1.165) is 11.6 Å². The number of hydrogen-bond acceptors (Lipinski definition) is 6. The van der Waals surface area contributed by atoms with E-state index in [1.54, 1.807) is 0 Å². The topological polar surface area (TPSA) is 107 Å². The fraction of sp³-hybridized carbons (Fsp3) is 0.250. The van der Waals surface area contributed by atoms with Crippen molar-refractivity contribution in [3.8, 4) is 28.7 Å². The summed E-state index contributed by atoms with van der Waals surface area (Å²) in [4.78, 5) is 13.0. The first-order chi connectivity index (χ1) is 12.3. The first kappa shape index (κ1) is 17.7. The Labute approximate surface area is 150 Å². The van der Waals surface area contributed by atoms with Gasteiger partial charge >= 0.3 is 0 Å². The van der Waals surface area contributed by atoms with Gasteiger partial charge < -0.3 is 25.2 Å². The molecule has 6 heteroatoms. The monoisotopic (exact) mass is 356 g/mol. The predicted molar refractivity (Wildman–Crippen MR) is 95.2 cm³/mol. The van der Waals surface area contributed by atoms with Crippen molar-refractivity contribution >= 4 is 5.78 Å². The zero-order chi connectivity index (χ0) is 19.0. The second kappa shape index (κ2) is 6.63. The first-order valence-corrected chi connectivity index (χ1v) is 8.19. The highest BCUT2D eigenvalue weighted by atomic mass is 16.5. The van der Waals surface area contributed by atoms with Crippen molar-refractivity contribution in [1.29, 1.82) is 0 Å². The second-order valence-corrected chi connectivity index (χ2v) is 6.55. The van der Waals surface area contributed by atoms with Gasteiger partial charge in [-0.05, 0) is 26.3 Å². The minimum absolute atomic E-state index is 0.0105. The number of benzene rings is 2. The highest BCUT2D eigenvalue weighted by Crippen LogP contribution is 2.45. The minimum atomic E-state index is -0.824. The average Bonchev–Trinajstić information content (AvgIpc) is 2.55. The Morgan fingerprint density at radius 1 is 1.15 bits per heavy atom. The molecule has 0 unspecified atom stereocenters. The molecule has 0 aromatic heterocycles. The summed E-state index contributed by atoms with van der Waals surface area (Å²) in [5, 5.41) is 40.2. The summed E-state index contributed by atoms with van der Waals surface area (Å²) in [6.07, 6.45) is 2.11. The maximum Gasteiger partial charge on any atom is 0.181 e. The van der Waals surface area contributed by atoms with Crippen LogP contribution in [-0.4, -0.2) is 32.8 Å². The van der Waals surface area contributed by atoms with Gasteiger partial charge in [-0.2, -0.15) is 0 Å². The summed E-state index contributed by atoms with van der Waals surface area (Å²) in [5.74, 6) is -1.92. The molecule has 0 saturated carbocycles. The summed E-state index contributed by atoms with van der Waals surface area (Å²) < 4.78 is 5.56. The lowest BCUT2D eigenvalue weighted by Crippen LogP contribution is -2.26. The molecule has 3 rings (SSSR count). The third-order valence-corrected chi connectivity index (χ3v) is 4.42. The van der Waals surface area contributed by atoms with E-state index < -0.39 is 11.7 Å². The molecule has 6 nitrogen and oxygen atoms in total. The van der Waals surface area contributed by atoms with E-state index in [9.17, 15) is 25.2 Å². The number of fused-ring (bicyclic) bond motifs is 1. The Morgan fingerprint density at radius 2 is 1.88 bits per heavy atom. The minimum Gasteiger partial charge on any atom is -0.508 e. The zero-order valence-corrected chi connectivity index (χ0v) is 14.5. The maximum atomic E-state index is 13.0. The van der Waals surface area contributed by atoms with Gasteiger partial charge in [0.05, 0.1) is 5.92 Å². The molecular weight excluding hydrogens is 336 g/mol. The molecule has 0 saturated heterocycles. The summed E-state index contributed by atoms with van der Waals surface area (Å²) in [5.41, 5.74) is 1.55. The molecule has 0 amide bonds. The molecule has 136 valence electrons. The number of phenols is 4. The van der Waals surface area contributed by atoms with Gasteiger partial charge in [0.25, 0.3) is 0 Å². The molecule has 0 spiro atoms. The highest BCUT2D eigenvalue weighted by molar-refractivity contribution is 6.07. The zero-order valence-electron chi connectivity index (χ0n) is 14.5. The van der Waals surface area contributed by atoms with Crippen LogP contribution in [0.4, 0.5) is 0 Å². The van der Waals surface area contributed by atoms with Crippen LogP contribution in [0, 0.1) is 0 Å². The normalized spacial score (nSPS) is 15.9. The molecule has 1 aliphatic rings. The van der Waals surface area contributed by atoms with Crippen molar-refractivity contribution in [2.75, 3.05) is 6.61 Å². The molecule has 0 fully saturated rings. The Kier molecular flexibility index (Phi) is 4.50. The molecule has 26 heavy (non-hydrogen) atoms. The number of aromatic hydroxyl groups is 4. The SMILES string of the molecule is CC(C)=CCc1c(O)cc2c(c1O)C(=O)[C@H](c1ccc(O)cc1O)CO2. The smallest absolute Gasteiger partial charge is 0.181 e. The summed E-state index contributed by atoms with van der Waals surface area (Å²) in [7, 11) is 0. The number of rotatable bonds is 3. The quantitative estimate of drug-likeness (QED) is 0.628. The molecule has 1 heterocycles. The lowest BCUT2D eigenvalue weighted by Gasteiger charge is -2.26. The third kappa shape index (κ3) is 3.06. The van der Waals surface area contributed by atoms with Crippen LogP contribution in [0.25, 0.3) is 0 Å².